The predicted molar refractivity (Wildman–Crippen MR) is 50.7 cm³/mol. The standard InChI is InChI=1S/C9H9F3N2O4/c1-14(3-2-6(15)16)8(17)5-4-18-13-7(5)9(10,11)12/h4H,2-3H2,1H3,(H,15,16). The van der Waals surface area contributed by atoms with Crippen LogP contribution in [0.2, 0.25) is 0 Å². The van der Waals surface area contributed by atoms with Gasteiger partial charge in [0, 0.05) is 13.6 Å². The molecule has 0 radical (unpaired) electrons. The van der Waals surface area contributed by atoms with Gasteiger partial charge >= 0.3 is 12.1 Å². The summed E-state index contributed by atoms with van der Waals surface area (Å²) >= 11 is 0. The maximum Gasteiger partial charge on any atom is 0.437 e. The lowest BCUT2D eigenvalue weighted by Crippen LogP contribution is -2.30. The summed E-state index contributed by atoms with van der Waals surface area (Å²) in [5.41, 5.74) is -2.16. The highest BCUT2D eigenvalue weighted by molar-refractivity contribution is 5.95. The van der Waals surface area contributed by atoms with Crippen molar-refractivity contribution in [1.82, 2.24) is 10.1 Å². The lowest BCUT2D eigenvalue weighted by molar-refractivity contribution is -0.143. The summed E-state index contributed by atoms with van der Waals surface area (Å²) in [4.78, 5) is 22.8. The Balaban J connectivity index is 2.85. The number of carbonyl (C=O) groups is 2. The lowest BCUT2D eigenvalue weighted by Gasteiger charge is -2.15. The third-order valence-electron chi connectivity index (χ3n) is 2.08. The number of amides is 1. The highest BCUT2D eigenvalue weighted by Crippen LogP contribution is 2.31. The number of carbonyl (C=O) groups excluding carboxylic acids is 1. The first kappa shape index (κ1) is 14.0. The van der Waals surface area contributed by atoms with Crippen molar-refractivity contribution < 1.29 is 32.4 Å². The number of halogens is 3. The maximum atomic E-state index is 12.4. The van der Waals surface area contributed by atoms with Crippen LogP contribution >= 0.6 is 0 Å². The van der Waals surface area contributed by atoms with Crippen LogP contribution in [-0.2, 0) is 11.0 Å². The summed E-state index contributed by atoms with van der Waals surface area (Å²) in [5.74, 6) is -2.15. The van der Waals surface area contributed by atoms with E-state index in [2.05, 4.69) is 9.68 Å². The van der Waals surface area contributed by atoms with E-state index in [0.29, 0.717) is 6.26 Å². The van der Waals surface area contributed by atoms with Crippen molar-refractivity contribution in [2.24, 2.45) is 0 Å². The number of carboxylic acids is 1. The van der Waals surface area contributed by atoms with Crippen LogP contribution in [0.4, 0.5) is 13.2 Å². The van der Waals surface area contributed by atoms with Crippen molar-refractivity contribution in [3.05, 3.63) is 17.5 Å². The zero-order valence-corrected chi connectivity index (χ0v) is 9.19. The van der Waals surface area contributed by atoms with Crippen molar-refractivity contribution in [2.45, 2.75) is 12.6 Å². The third kappa shape index (κ3) is 3.22. The third-order valence-corrected chi connectivity index (χ3v) is 2.08. The van der Waals surface area contributed by atoms with Crippen LogP contribution in [-0.4, -0.2) is 40.6 Å². The summed E-state index contributed by atoms with van der Waals surface area (Å²) in [6.07, 6.45) is -4.58. The van der Waals surface area contributed by atoms with Gasteiger partial charge in [-0.3, -0.25) is 9.59 Å². The molecular weight excluding hydrogens is 257 g/mol. The van der Waals surface area contributed by atoms with Gasteiger partial charge in [0.2, 0.25) is 0 Å². The van der Waals surface area contributed by atoms with Crippen LogP contribution in [0.25, 0.3) is 0 Å². The zero-order valence-electron chi connectivity index (χ0n) is 9.19. The number of aliphatic carboxylic acids is 1. The zero-order chi connectivity index (χ0) is 13.9. The average molecular weight is 266 g/mol. The number of rotatable bonds is 4. The van der Waals surface area contributed by atoms with Gasteiger partial charge in [0.25, 0.3) is 5.91 Å². The molecule has 1 amide bonds. The van der Waals surface area contributed by atoms with Crippen LogP contribution in [0.5, 0.6) is 0 Å². The van der Waals surface area contributed by atoms with E-state index in [-0.39, 0.29) is 13.0 Å². The van der Waals surface area contributed by atoms with Crippen LogP contribution in [0.15, 0.2) is 10.8 Å². The van der Waals surface area contributed by atoms with E-state index < -0.39 is 29.3 Å². The summed E-state index contributed by atoms with van der Waals surface area (Å²) in [7, 11) is 1.19. The van der Waals surface area contributed by atoms with Gasteiger partial charge in [0.05, 0.1) is 6.42 Å². The van der Waals surface area contributed by atoms with E-state index >= 15 is 0 Å². The molecular formula is C9H9F3N2O4. The molecule has 0 atom stereocenters. The molecule has 0 spiro atoms. The molecule has 0 saturated heterocycles. The quantitative estimate of drug-likeness (QED) is 0.886. The molecule has 1 aromatic rings. The van der Waals surface area contributed by atoms with Crippen molar-refractivity contribution >= 4 is 11.9 Å². The van der Waals surface area contributed by atoms with Crippen LogP contribution < -0.4 is 0 Å². The topological polar surface area (TPSA) is 83.6 Å². The second-order valence-electron chi connectivity index (χ2n) is 3.45. The Kier molecular flexibility index (Phi) is 3.94. The minimum absolute atomic E-state index is 0.212. The van der Waals surface area contributed by atoms with E-state index in [1.807, 2.05) is 0 Å². The molecule has 1 aromatic heterocycles. The number of aromatic nitrogens is 1. The fourth-order valence-corrected chi connectivity index (χ4v) is 1.16. The molecule has 0 saturated carbocycles. The van der Waals surface area contributed by atoms with Crippen molar-refractivity contribution in [3.8, 4) is 0 Å². The van der Waals surface area contributed by atoms with E-state index in [1.165, 1.54) is 7.05 Å². The monoisotopic (exact) mass is 266 g/mol. The van der Waals surface area contributed by atoms with Gasteiger partial charge in [0.15, 0.2) is 5.69 Å². The number of hydrogen-bond acceptors (Lipinski definition) is 4. The number of nitrogens with zero attached hydrogens (tertiary/aromatic N) is 2. The molecule has 9 heteroatoms. The Bertz CT molecular complexity index is 455. The minimum Gasteiger partial charge on any atom is -0.481 e. The summed E-state index contributed by atoms with van der Waals surface area (Å²) in [5, 5.41) is 11.1. The Morgan fingerprint density at radius 1 is 1.50 bits per heavy atom. The van der Waals surface area contributed by atoms with Gasteiger partial charge in [-0.15, -0.1) is 0 Å². The molecule has 0 fully saturated rings. The maximum absolute atomic E-state index is 12.4. The van der Waals surface area contributed by atoms with Gasteiger partial charge < -0.3 is 14.5 Å². The molecule has 100 valence electrons. The first-order chi connectivity index (χ1) is 8.23. The summed E-state index contributed by atoms with van der Waals surface area (Å²) in [6, 6.07) is 0. The molecule has 0 bridgehead atoms. The molecule has 18 heavy (non-hydrogen) atoms. The highest BCUT2D eigenvalue weighted by Gasteiger charge is 2.40. The Hall–Kier alpha value is -2.06. The van der Waals surface area contributed by atoms with Crippen molar-refractivity contribution in [3.63, 3.8) is 0 Å². The van der Waals surface area contributed by atoms with Gasteiger partial charge in [-0.1, -0.05) is 5.16 Å². The van der Waals surface area contributed by atoms with Crippen LogP contribution in [0.3, 0.4) is 0 Å². The molecule has 1 heterocycles. The molecule has 0 aromatic carbocycles. The summed E-state index contributed by atoms with van der Waals surface area (Å²) in [6.45, 7) is -0.212. The molecule has 6 nitrogen and oxygen atoms in total. The highest BCUT2D eigenvalue weighted by atomic mass is 19.4. The van der Waals surface area contributed by atoms with E-state index in [4.69, 9.17) is 5.11 Å². The predicted octanol–water partition coefficient (Wildman–Crippen LogP) is 1.24. The molecule has 1 rings (SSSR count). The number of alkyl halides is 3. The molecule has 0 aliphatic carbocycles. The van der Waals surface area contributed by atoms with Crippen LogP contribution in [0.1, 0.15) is 22.5 Å². The Morgan fingerprint density at radius 3 is 2.61 bits per heavy atom. The fourth-order valence-electron chi connectivity index (χ4n) is 1.16. The minimum atomic E-state index is -4.80. The SMILES string of the molecule is CN(CCC(=O)O)C(=O)c1conc1C(F)(F)F. The van der Waals surface area contributed by atoms with Crippen molar-refractivity contribution in [1.29, 1.82) is 0 Å². The van der Waals surface area contributed by atoms with E-state index in [1.54, 1.807) is 0 Å². The Morgan fingerprint density at radius 2 is 2.11 bits per heavy atom. The summed E-state index contributed by atoms with van der Waals surface area (Å²) < 4.78 is 41.4. The van der Waals surface area contributed by atoms with Gasteiger partial charge in [-0.25, -0.2) is 0 Å². The number of hydrogen-bond donors (Lipinski definition) is 1. The number of carboxylic acid groups (broad SMARTS) is 1. The fraction of sp³-hybridized carbons (Fsp3) is 0.444. The van der Waals surface area contributed by atoms with Crippen molar-refractivity contribution in [2.75, 3.05) is 13.6 Å². The van der Waals surface area contributed by atoms with E-state index in [9.17, 15) is 22.8 Å². The van der Waals surface area contributed by atoms with Gasteiger partial charge in [0.1, 0.15) is 11.8 Å². The lowest BCUT2D eigenvalue weighted by atomic mass is 10.2. The van der Waals surface area contributed by atoms with Gasteiger partial charge in [-0.2, -0.15) is 13.2 Å². The second kappa shape index (κ2) is 5.07. The largest absolute Gasteiger partial charge is 0.481 e. The molecule has 1 N–H and O–H groups in total. The Labute approximate surface area is 99.0 Å². The van der Waals surface area contributed by atoms with Crippen LogP contribution in [0, 0.1) is 0 Å². The first-order valence-corrected chi connectivity index (χ1v) is 4.72. The first-order valence-electron chi connectivity index (χ1n) is 4.72. The normalized spacial score (nSPS) is 11.3. The second-order valence-corrected chi connectivity index (χ2v) is 3.45. The smallest absolute Gasteiger partial charge is 0.437 e. The molecule has 0 aliphatic rings. The van der Waals surface area contributed by atoms with Gasteiger partial charge in [-0.05, 0) is 0 Å². The molecule has 0 aliphatic heterocycles. The van der Waals surface area contributed by atoms with E-state index in [0.717, 1.165) is 4.90 Å². The molecule has 0 unspecified atom stereocenters. The average Bonchev–Trinajstić information content (AvgIpc) is 2.72.